The molecule has 0 radical (unpaired) electrons. The molecule has 0 heterocycles. The van der Waals surface area contributed by atoms with Crippen molar-refractivity contribution in [1.29, 1.82) is 0 Å². The average Bonchev–Trinajstić information content (AvgIpc) is 3.04. The Morgan fingerprint density at radius 1 is 0.826 bits per heavy atom. The Morgan fingerprint density at radius 2 is 1.46 bits per heavy atom. The lowest BCUT2D eigenvalue weighted by Crippen LogP contribution is -2.54. The molecule has 9 heteroatoms. The van der Waals surface area contributed by atoms with E-state index in [2.05, 4.69) is 5.32 Å². The Labute approximate surface area is 272 Å². The van der Waals surface area contributed by atoms with Crippen LogP contribution in [-0.2, 0) is 32.6 Å². The van der Waals surface area contributed by atoms with Crippen molar-refractivity contribution in [3.8, 4) is 0 Å². The van der Waals surface area contributed by atoms with Crippen LogP contribution in [0.1, 0.15) is 48.1 Å². The second kappa shape index (κ2) is 15.2. The van der Waals surface area contributed by atoms with Gasteiger partial charge in [-0.2, -0.15) is 0 Å². The molecule has 242 valence electrons. The average molecular weight is 644 g/mol. The van der Waals surface area contributed by atoms with Crippen molar-refractivity contribution in [3.63, 3.8) is 0 Å². The summed E-state index contributed by atoms with van der Waals surface area (Å²) in [5, 5.41) is 3.02. The molecule has 0 aromatic heterocycles. The molecule has 2 unspecified atom stereocenters. The number of carbonyl (C=O) groups is 2. The van der Waals surface area contributed by atoms with E-state index in [0.29, 0.717) is 23.2 Å². The first-order valence-electron chi connectivity index (χ1n) is 15.4. The fourth-order valence-corrected chi connectivity index (χ4v) is 6.59. The molecule has 0 aliphatic rings. The minimum atomic E-state index is -4.21. The standard InChI is InChI=1S/C37H42FN3O4S/c1-6-29(5)39-37(43)35(23-30-10-8-7-9-11-30)40(24-31-16-18-32(38)19-17-31)36(42)25-41(34-22-27(3)12-15-28(34)4)46(44,45)33-20-13-26(2)14-21-33/h7-22,29,35H,6,23-25H2,1-5H3,(H,39,43). The number of aryl methyl sites for hydroxylation is 3. The third-order valence-corrected chi connectivity index (χ3v) is 9.83. The number of halogens is 1. The molecule has 46 heavy (non-hydrogen) atoms. The second-order valence-electron chi connectivity index (χ2n) is 11.8. The molecule has 0 saturated carbocycles. The summed E-state index contributed by atoms with van der Waals surface area (Å²) in [5.74, 6) is -1.35. The number of hydrogen-bond acceptors (Lipinski definition) is 4. The van der Waals surface area contributed by atoms with Crippen molar-refractivity contribution in [2.24, 2.45) is 0 Å². The van der Waals surface area contributed by atoms with E-state index in [1.54, 1.807) is 37.3 Å². The number of amides is 2. The van der Waals surface area contributed by atoms with Gasteiger partial charge in [-0.25, -0.2) is 12.8 Å². The van der Waals surface area contributed by atoms with E-state index in [9.17, 15) is 22.4 Å². The molecule has 7 nitrogen and oxygen atoms in total. The zero-order valence-corrected chi connectivity index (χ0v) is 27.9. The largest absolute Gasteiger partial charge is 0.352 e. The van der Waals surface area contributed by atoms with E-state index in [1.165, 1.54) is 29.2 Å². The third-order valence-electron chi connectivity index (χ3n) is 8.06. The van der Waals surface area contributed by atoms with Gasteiger partial charge in [-0.15, -0.1) is 0 Å². The second-order valence-corrected chi connectivity index (χ2v) is 13.6. The number of hydrogen-bond donors (Lipinski definition) is 1. The lowest BCUT2D eigenvalue weighted by Gasteiger charge is -2.34. The summed E-state index contributed by atoms with van der Waals surface area (Å²) in [7, 11) is -4.21. The van der Waals surface area contributed by atoms with E-state index < -0.39 is 34.3 Å². The zero-order chi connectivity index (χ0) is 33.4. The minimum Gasteiger partial charge on any atom is -0.352 e. The Hall–Kier alpha value is -4.50. The van der Waals surface area contributed by atoms with E-state index in [0.717, 1.165) is 21.0 Å². The number of nitrogens with zero attached hydrogens (tertiary/aromatic N) is 2. The number of anilines is 1. The lowest BCUT2D eigenvalue weighted by molar-refractivity contribution is -0.140. The van der Waals surface area contributed by atoms with E-state index in [-0.39, 0.29) is 29.8 Å². The first-order chi connectivity index (χ1) is 21.9. The van der Waals surface area contributed by atoms with Crippen LogP contribution in [0.2, 0.25) is 0 Å². The summed E-state index contributed by atoms with van der Waals surface area (Å²) in [5.41, 5.74) is 4.21. The Morgan fingerprint density at radius 3 is 2.09 bits per heavy atom. The molecule has 0 aliphatic carbocycles. The Kier molecular flexibility index (Phi) is 11.4. The van der Waals surface area contributed by atoms with Crippen molar-refractivity contribution >= 4 is 27.5 Å². The van der Waals surface area contributed by atoms with Crippen LogP contribution in [0.25, 0.3) is 0 Å². The first kappa shape index (κ1) is 34.4. The minimum absolute atomic E-state index is 0.0320. The highest BCUT2D eigenvalue weighted by molar-refractivity contribution is 7.92. The molecular weight excluding hydrogens is 601 g/mol. The van der Waals surface area contributed by atoms with Crippen molar-refractivity contribution < 1.29 is 22.4 Å². The zero-order valence-electron chi connectivity index (χ0n) is 27.0. The number of benzene rings is 4. The van der Waals surface area contributed by atoms with E-state index in [4.69, 9.17) is 0 Å². The Balaban J connectivity index is 1.83. The summed E-state index contributed by atoms with van der Waals surface area (Å²) in [6.45, 7) is 8.78. The molecule has 4 aromatic rings. The van der Waals surface area contributed by atoms with Crippen LogP contribution in [-0.4, -0.2) is 43.8 Å². The highest BCUT2D eigenvalue weighted by Gasteiger charge is 2.35. The third kappa shape index (κ3) is 8.60. The highest BCUT2D eigenvalue weighted by Crippen LogP contribution is 2.29. The van der Waals surface area contributed by atoms with Gasteiger partial charge in [0.15, 0.2) is 0 Å². The van der Waals surface area contributed by atoms with Crippen LogP contribution in [0.5, 0.6) is 0 Å². The Bertz CT molecular complexity index is 1740. The molecular formula is C37H42FN3O4S. The predicted molar refractivity (Wildman–Crippen MR) is 180 cm³/mol. The topological polar surface area (TPSA) is 86.8 Å². The number of carbonyl (C=O) groups excluding carboxylic acids is 2. The number of nitrogens with one attached hydrogen (secondary N) is 1. The van der Waals surface area contributed by atoms with Gasteiger partial charge >= 0.3 is 0 Å². The van der Waals surface area contributed by atoms with Gasteiger partial charge < -0.3 is 10.2 Å². The number of sulfonamides is 1. The molecule has 0 saturated heterocycles. The van der Waals surface area contributed by atoms with Gasteiger partial charge in [0.2, 0.25) is 11.8 Å². The number of rotatable bonds is 13. The normalized spacial score (nSPS) is 12.7. The molecule has 2 atom stereocenters. The predicted octanol–water partition coefficient (Wildman–Crippen LogP) is 6.50. The van der Waals surface area contributed by atoms with Gasteiger partial charge in [-0.1, -0.05) is 79.2 Å². The molecule has 4 rings (SSSR count). The maximum Gasteiger partial charge on any atom is 0.264 e. The molecule has 0 spiro atoms. The summed E-state index contributed by atoms with van der Waals surface area (Å²) in [6.07, 6.45) is 0.884. The summed E-state index contributed by atoms with van der Waals surface area (Å²) in [6, 6.07) is 25.9. The molecule has 1 N–H and O–H groups in total. The van der Waals surface area contributed by atoms with Crippen molar-refractivity contribution in [2.75, 3.05) is 10.8 Å². The fourth-order valence-electron chi connectivity index (χ4n) is 5.12. The van der Waals surface area contributed by atoms with Crippen LogP contribution in [0.3, 0.4) is 0 Å². The van der Waals surface area contributed by atoms with Gasteiger partial charge in [0.25, 0.3) is 10.0 Å². The molecule has 0 aliphatic heterocycles. The monoisotopic (exact) mass is 643 g/mol. The van der Waals surface area contributed by atoms with Crippen LogP contribution in [0.15, 0.2) is 102 Å². The van der Waals surface area contributed by atoms with Crippen molar-refractivity contribution in [3.05, 3.63) is 131 Å². The maximum absolute atomic E-state index is 14.6. The maximum atomic E-state index is 14.6. The smallest absolute Gasteiger partial charge is 0.264 e. The molecule has 2 amide bonds. The fraction of sp³-hybridized carbons (Fsp3) is 0.297. The van der Waals surface area contributed by atoms with Gasteiger partial charge in [0.05, 0.1) is 10.6 Å². The van der Waals surface area contributed by atoms with Gasteiger partial charge in [-0.3, -0.25) is 13.9 Å². The van der Waals surface area contributed by atoms with Crippen LogP contribution in [0.4, 0.5) is 10.1 Å². The van der Waals surface area contributed by atoms with Gasteiger partial charge in [0.1, 0.15) is 18.4 Å². The quantitative estimate of drug-likeness (QED) is 0.180. The summed E-state index contributed by atoms with van der Waals surface area (Å²) >= 11 is 0. The molecule has 4 aromatic carbocycles. The van der Waals surface area contributed by atoms with Gasteiger partial charge in [0, 0.05) is 19.0 Å². The van der Waals surface area contributed by atoms with Crippen LogP contribution >= 0.6 is 0 Å². The lowest BCUT2D eigenvalue weighted by atomic mass is 10.0. The molecule has 0 bridgehead atoms. The van der Waals surface area contributed by atoms with Crippen LogP contribution in [0, 0.1) is 26.6 Å². The van der Waals surface area contributed by atoms with E-state index >= 15 is 0 Å². The van der Waals surface area contributed by atoms with Crippen molar-refractivity contribution in [1.82, 2.24) is 10.2 Å². The summed E-state index contributed by atoms with van der Waals surface area (Å²) in [4.78, 5) is 30.0. The highest BCUT2D eigenvalue weighted by atomic mass is 32.2. The molecule has 0 fully saturated rings. The van der Waals surface area contributed by atoms with Crippen LogP contribution < -0.4 is 9.62 Å². The first-order valence-corrected chi connectivity index (χ1v) is 16.9. The SMILES string of the molecule is CCC(C)NC(=O)C(Cc1ccccc1)N(Cc1ccc(F)cc1)C(=O)CN(c1cc(C)ccc1C)S(=O)(=O)c1ccc(C)cc1. The van der Waals surface area contributed by atoms with Crippen molar-refractivity contribution in [2.45, 2.75) is 71.0 Å². The van der Waals surface area contributed by atoms with E-state index in [1.807, 2.05) is 70.2 Å². The van der Waals surface area contributed by atoms with Gasteiger partial charge in [-0.05, 0) is 86.7 Å². The summed E-state index contributed by atoms with van der Waals surface area (Å²) < 4.78 is 43.5.